The first kappa shape index (κ1) is 26.4. The second-order valence-corrected chi connectivity index (χ2v) is 10.8. The minimum atomic E-state index is -3.70. The SMILES string of the molecule is CC(C)n1ccc(S(=N)(=O)NC(=O)Nc2c(-c3ccc(=O)n(C/C=C/B(O)O)c3)ccc3c2CCC3)n1. The number of aryl methyl sites for hydroxylation is 1. The molecule has 0 saturated carbocycles. The fourth-order valence-corrected chi connectivity index (χ4v) is 5.14. The molecule has 0 spiro atoms. The van der Waals surface area contributed by atoms with Crippen LogP contribution in [0.5, 0.6) is 0 Å². The van der Waals surface area contributed by atoms with Gasteiger partial charge in [0.25, 0.3) is 5.56 Å². The summed E-state index contributed by atoms with van der Waals surface area (Å²) in [6.45, 7) is 3.92. The zero-order chi connectivity index (χ0) is 26.7. The number of anilines is 1. The molecule has 194 valence electrons. The standard InChI is InChI=1S/C24H29BN6O5S/c1-16(2)31-14-11-21(28-31)37(26,36)29-24(33)27-23-19-6-3-5-17(19)7-9-20(23)18-8-10-22(32)30(15-18)13-4-12-25(34)35/h4,7-12,14-16,34-35H,3,5-6,13H2,1-2H3,(H3,26,27,29,33,36)/b12-4+. The van der Waals surface area contributed by atoms with Gasteiger partial charge in [0.15, 0.2) is 14.9 Å². The summed E-state index contributed by atoms with van der Waals surface area (Å²) < 4.78 is 26.5. The van der Waals surface area contributed by atoms with Crippen molar-refractivity contribution in [1.82, 2.24) is 19.1 Å². The van der Waals surface area contributed by atoms with Crippen LogP contribution in [-0.2, 0) is 29.3 Å². The van der Waals surface area contributed by atoms with Gasteiger partial charge in [-0.05, 0) is 56.4 Å². The maximum Gasteiger partial charge on any atom is 0.480 e. The van der Waals surface area contributed by atoms with E-state index in [0.717, 1.165) is 36.4 Å². The van der Waals surface area contributed by atoms with Gasteiger partial charge in [-0.15, -0.1) is 0 Å². The number of carbonyl (C=O) groups is 1. The Morgan fingerprint density at radius 1 is 1.24 bits per heavy atom. The maximum atomic E-state index is 13.0. The zero-order valence-corrected chi connectivity index (χ0v) is 21.4. The van der Waals surface area contributed by atoms with Crippen molar-refractivity contribution in [2.24, 2.45) is 0 Å². The number of benzene rings is 1. The molecule has 4 rings (SSSR count). The number of nitrogens with zero attached hydrogens (tertiary/aromatic N) is 3. The molecule has 0 aliphatic heterocycles. The van der Waals surface area contributed by atoms with Crippen LogP contribution >= 0.6 is 0 Å². The van der Waals surface area contributed by atoms with Gasteiger partial charge in [0, 0.05) is 42.2 Å². The molecule has 0 fully saturated rings. The smallest absolute Gasteiger partial charge is 0.424 e. The number of urea groups is 1. The van der Waals surface area contributed by atoms with E-state index in [9.17, 15) is 13.8 Å². The molecule has 13 heteroatoms. The summed E-state index contributed by atoms with van der Waals surface area (Å²) in [6.07, 6.45) is 7.23. The van der Waals surface area contributed by atoms with Crippen molar-refractivity contribution in [2.45, 2.75) is 50.7 Å². The van der Waals surface area contributed by atoms with Crippen LogP contribution in [-0.4, -0.2) is 41.8 Å². The van der Waals surface area contributed by atoms with Gasteiger partial charge in [0.2, 0.25) is 0 Å². The molecule has 37 heavy (non-hydrogen) atoms. The van der Waals surface area contributed by atoms with Gasteiger partial charge >= 0.3 is 13.1 Å². The summed E-state index contributed by atoms with van der Waals surface area (Å²) in [7, 11) is -5.32. The Hall–Kier alpha value is -3.68. The van der Waals surface area contributed by atoms with Gasteiger partial charge < -0.3 is 19.9 Å². The first-order valence-corrected chi connectivity index (χ1v) is 13.4. The van der Waals surface area contributed by atoms with Crippen molar-refractivity contribution >= 4 is 28.8 Å². The Morgan fingerprint density at radius 3 is 2.73 bits per heavy atom. The molecule has 0 bridgehead atoms. The normalized spacial score (nSPS) is 14.5. The van der Waals surface area contributed by atoms with Gasteiger partial charge in [-0.2, -0.15) is 5.10 Å². The number of nitrogens with one attached hydrogen (secondary N) is 3. The van der Waals surface area contributed by atoms with Gasteiger partial charge in [0.1, 0.15) is 0 Å². The number of aromatic nitrogens is 3. The number of carbonyl (C=O) groups excluding carboxylic acids is 1. The zero-order valence-electron chi connectivity index (χ0n) is 20.5. The summed E-state index contributed by atoms with van der Waals surface area (Å²) >= 11 is 0. The molecule has 1 unspecified atom stereocenters. The first-order valence-electron chi connectivity index (χ1n) is 11.9. The molecule has 11 nitrogen and oxygen atoms in total. The fraction of sp³-hybridized carbons (Fsp3) is 0.292. The third kappa shape index (κ3) is 6.01. The van der Waals surface area contributed by atoms with Gasteiger partial charge in [-0.3, -0.25) is 9.48 Å². The molecule has 5 N–H and O–H groups in total. The van der Waals surface area contributed by atoms with Crippen LogP contribution in [0.4, 0.5) is 10.5 Å². The molecular weight excluding hydrogens is 495 g/mol. The predicted molar refractivity (Wildman–Crippen MR) is 141 cm³/mol. The Labute approximate surface area is 215 Å². The Balaban J connectivity index is 1.65. The summed E-state index contributed by atoms with van der Waals surface area (Å²) in [4.78, 5) is 25.3. The van der Waals surface area contributed by atoms with Crippen molar-refractivity contribution in [1.29, 1.82) is 4.78 Å². The highest BCUT2D eigenvalue weighted by Crippen LogP contribution is 2.37. The molecule has 1 aromatic carbocycles. The van der Waals surface area contributed by atoms with E-state index in [4.69, 9.17) is 14.8 Å². The van der Waals surface area contributed by atoms with E-state index in [-0.39, 0.29) is 23.2 Å². The number of fused-ring (bicyclic) bond motifs is 1. The highest BCUT2D eigenvalue weighted by atomic mass is 32.2. The first-order chi connectivity index (χ1) is 17.5. The largest absolute Gasteiger partial charge is 0.480 e. The highest BCUT2D eigenvalue weighted by molar-refractivity contribution is 7.91. The number of amides is 2. The predicted octanol–water partition coefficient (Wildman–Crippen LogP) is 2.49. The number of hydrogen-bond acceptors (Lipinski definition) is 7. The van der Waals surface area contributed by atoms with E-state index < -0.39 is 23.1 Å². The minimum Gasteiger partial charge on any atom is -0.424 e. The lowest BCUT2D eigenvalue weighted by molar-refractivity contribution is 0.256. The Morgan fingerprint density at radius 2 is 2.03 bits per heavy atom. The van der Waals surface area contributed by atoms with Crippen LogP contribution in [0.2, 0.25) is 0 Å². The second-order valence-electron chi connectivity index (χ2n) is 9.07. The minimum absolute atomic E-state index is 0.0136. The lowest BCUT2D eigenvalue weighted by Gasteiger charge is -2.17. The maximum absolute atomic E-state index is 13.0. The lowest BCUT2D eigenvalue weighted by Crippen LogP contribution is -2.34. The summed E-state index contributed by atoms with van der Waals surface area (Å²) in [5.74, 6) is 1.16. The van der Waals surface area contributed by atoms with Crippen LogP contribution in [0.3, 0.4) is 0 Å². The molecule has 2 aromatic heterocycles. The number of pyridine rings is 1. The van der Waals surface area contributed by atoms with Crippen LogP contribution in [0.15, 0.2) is 64.6 Å². The van der Waals surface area contributed by atoms with E-state index in [2.05, 4.69) is 15.1 Å². The van der Waals surface area contributed by atoms with Crippen molar-refractivity contribution in [2.75, 3.05) is 5.32 Å². The van der Waals surface area contributed by atoms with Gasteiger partial charge in [-0.1, -0.05) is 24.2 Å². The van der Waals surface area contributed by atoms with E-state index >= 15 is 0 Å². The second kappa shape index (κ2) is 10.7. The fourth-order valence-electron chi connectivity index (χ4n) is 4.26. The summed E-state index contributed by atoms with van der Waals surface area (Å²) in [5, 5.41) is 25.0. The van der Waals surface area contributed by atoms with E-state index in [1.54, 1.807) is 23.1 Å². The summed E-state index contributed by atoms with van der Waals surface area (Å²) in [6, 6.07) is 7.57. The van der Waals surface area contributed by atoms with Crippen molar-refractivity contribution < 1.29 is 19.1 Å². The topological polar surface area (TPSA) is 162 Å². The van der Waals surface area contributed by atoms with Crippen molar-refractivity contribution in [3.63, 3.8) is 0 Å². The quantitative estimate of drug-likeness (QED) is 0.285. The molecule has 0 saturated heterocycles. The number of hydrogen-bond donors (Lipinski definition) is 5. The average Bonchev–Trinajstić information content (AvgIpc) is 3.51. The molecule has 2 heterocycles. The van der Waals surface area contributed by atoms with Crippen molar-refractivity contribution in [3.05, 3.63) is 76.3 Å². The Bertz CT molecular complexity index is 1510. The van der Waals surface area contributed by atoms with Gasteiger partial charge in [-0.25, -0.2) is 18.5 Å². The van der Waals surface area contributed by atoms with E-state index in [0.29, 0.717) is 16.8 Å². The van der Waals surface area contributed by atoms with Crippen LogP contribution in [0, 0.1) is 4.78 Å². The third-order valence-corrected chi connectivity index (χ3v) is 7.35. The van der Waals surface area contributed by atoms with Crippen LogP contribution in [0.1, 0.15) is 37.4 Å². The third-order valence-electron chi connectivity index (χ3n) is 6.07. The molecule has 0 radical (unpaired) electrons. The van der Waals surface area contributed by atoms with Crippen LogP contribution in [0.25, 0.3) is 11.1 Å². The van der Waals surface area contributed by atoms with E-state index in [1.807, 2.05) is 26.0 Å². The van der Waals surface area contributed by atoms with Crippen LogP contribution < -0.4 is 15.6 Å². The number of allylic oxidation sites excluding steroid dienone is 1. The lowest BCUT2D eigenvalue weighted by atomic mass is 9.92. The van der Waals surface area contributed by atoms with Gasteiger partial charge in [0.05, 0.1) is 5.69 Å². The molecular formula is C24H29BN6O5S. The molecule has 1 atom stereocenters. The molecule has 1 aliphatic carbocycles. The van der Waals surface area contributed by atoms with Crippen molar-refractivity contribution in [3.8, 4) is 11.1 Å². The molecule has 1 aliphatic rings. The number of rotatable bonds is 8. The highest BCUT2D eigenvalue weighted by Gasteiger charge is 2.23. The summed E-state index contributed by atoms with van der Waals surface area (Å²) in [5.41, 5.74) is 3.62. The average molecular weight is 524 g/mol. The monoisotopic (exact) mass is 524 g/mol. The molecule has 2 amide bonds. The van der Waals surface area contributed by atoms with E-state index in [1.165, 1.54) is 22.8 Å². The molecule has 3 aromatic rings. The Kier molecular flexibility index (Phi) is 7.67.